The zero-order chi connectivity index (χ0) is 17.7. The minimum absolute atomic E-state index is 0.249. The molecule has 24 heavy (non-hydrogen) atoms. The molecule has 0 fully saturated rings. The normalized spacial score (nSPS) is 11.8. The molecule has 0 aliphatic carbocycles. The number of hydrogen-bond donors (Lipinski definition) is 3. The SMILES string of the molecule is CCCCCCCCCCCCc1ccc(C(N)(CO)CO)cc1. The number of aryl methyl sites for hydroxylation is 1. The third-order valence-electron chi connectivity index (χ3n) is 4.91. The predicted octanol–water partition coefficient (Wildman–Crippen LogP) is 4.29. The molecule has 138 valence electrons. The molecule has 3 heteroatoms. The van der Waals surface area contributed by atoms with Crippen LogP contribution in [0.2, 0.25) is 0 Å². The van der Waals surface area contributed by atoms with E-state index in [1.807, 2.05) is 12.1 Å². The van der Waals surface area contributed by atoms with E-state index >= 15 is 0 Å². The fourth-order valence-corrected chi connectivity index (χ4v) is 3.05. The Morgan fingerprint density at radius 3 is 1.67 bits per heavy atom. The predicted molar refractivity (Wildman–Crippen MR) is 102 cm³/mol. The van der Waals surface area contributed by atoms with E-state index in [4.69, 9.17) is 5.73 Å². The minimum Gasteiger partial charge on any atom is -0.394 e. The van der Waals surface area contributed by atoms with Gasteiger partial charge < -0.3 is 15.9 Å². The second-order valence-electron chi connectivity index (χ2n) is 7.10. The van der Waals surface area contributed by atoms with Crippen LogP contribution in [-0.2, 0) is 12.0 Å². The van der Waals surface area contributed by atoms with E-state index in [-0.39, 0.29) is 13.2 Å². The number of aliphatic hydroxyl groups excluding tert-OH is 2. The van der Waals surface area contributed by atoms with Gasteiger partial charge in [0.2, 0.25) is 0 Å². The highest BCUT2D eigenvalue weighted by Gasteiger charge is 2.25. The Kier molecular flexibility index (Phi) is 11.0. The van der Waals surface area contributed by atoms with Crippen LogP contribution >= 0.6 is 0 Å². The van der Waals surface area contributed by atoms with Crippen molar-refractivity contribution in [3.8, 4) is 0 Å². The highest BCUT2D eigenvalue weighted by atomic mass is 16.3. The molecule has 1 aromatic rings. The lowest BCUT2D eigenvalue weighted by Crippen LogP contribution is -2.44. The first-order valence-corrected chi connectivity index (χ1v) is 9.76. The molecule has 0 saturated carbocycles. The topological polar surface area (TPSA) is 66.5 Å². The second kappa shape index (κ2) is 12.5. The van der Waals surface area contributed by atoms with E-state index in [1.54, 1.807) is 0 Å². The van der Waals surface area contributed by atoms with Gasteiger partial charge in [0.1, 0.15) is 0 Å². The van der Waals surface area contributed by atoms with E-state index < -0.39 is 5.54 Å². The summed E-state index contributed by atoms with van der Waals surface area (Å²) in [7, 11) is 0. The van der Waals surface area contributed by atoms with E-state index in [0.717, 1.165) is 12.0 Å². The summed E-state index contributed by atoms with van der Waals surface area (Å²) >= 11 is 0. The van der Waals surface area contributed by atoms with Gasteiger partial charge in [-0.1, -0.05) is 89.0 Å². The summed E-state index contributed by atoms with van der Waals surface area (Å²) in [6.07, 6.45) is 14.6. The number of aliphatic hydroxyl groups is 2. The molecule has 0 heterocycles. The van der Waals surface area contributed by atoms with Crippen molar-refractivity contribution in [2.45, 2.75) is 83.1 Å². The maximum Gasteiger partial charge on any atom is 0.0878 e. The van der Waals surface area contributed by atoms with E-state index in [0.29, 0.717) is 0 Å². The lowest BCUT2D eigenvalue weighted by molar-refractivity contribution is 0.121. The molecule has 3 nitrogen and oxygen atoms in total. The molecule has 1 rings (SSSR count). The molecule has 0 unspecified atom stereocenters. The standard InChI is InChI=1S/C21H37NO2/c1-2-3-4-5-6-7-8-9-10-11-12-19-13-15-20(16-14-19)21(22,17-23)18-24/h13-16,23-24H,2-12,17-18,22H2,1H3. The van der Waals surface area contributed by atoms with Gasteiger partial charge in [-0.15, -0.1) is 0 Å². The number of unbranched alkanes of at least 4 members (excludes halogenated alkanes) is 9. The first-order valence-electron chi connectivity index (χ1n) is 9.76. The van der Waals surface area contributed by atoms with Gasteiger partial charge >= 0.3 is 0 Å². The van der Waals surface area contributed by atoms with Gasteiger partial charge in [-0.3, -0.25) is 0 Å². The van der Waals surface area contributed by atoms with Crippen molar-refractivity contribution in [3.05, 3.63) is 35.4 Å². The van der Waals surface area contributed by atoms with Crippen LogP contribution in [0.3, 0.4) is 0 Å². The molecule has 0 aliphatic heterocycles. The molecule has 0 aliphatic rings. The van der Waals surface area contributed by atoms with Crippen molar-refractivity contribution >= 4 is 0 Å². The zero-order valence-corrected chi connectivity index (χ0v) is 15.5. The summed E-state index contributed by atoms with van der Waals surface area (Å²) in [5.74, 6) is 0. The largest absolute Gasteiger partial charge is 0.394 e. The van der Waals surface area contributed by atoms with Crippen molar-refractivity contribution in [1.82, 2.24) is 0 Å². The Balaban J connectivity index is 2.13. The van der Waals surface area contributed by atoms with Crippen LogP contribution in [0.25, 0.3) is 0 Å². The molecule has 0 bridgehead atoms. The molecule has 0 saturated heterocycles. The number of hydrogen-bond acceptors (Lipinski definition) is 3. The Labute approximate surface area is 148 Å². The van der Waals surface area contributed by atoms with Crippen LogP contribution in [0.1, 0.15) is 82.3 Å². The third kappa shape index (κ3) is 7.78. The van der Waals surface area contributed by atoms with Crippen LogP contribution < -0.4 is 5.73 Å². The summed E-state index contributed by atoms with van der Waals surface area (Å²) in [4.78, 5) is 0. The Hall–Kier alpha value is -0.900. The van der Waals surface area contributed by atoms with Crippen molar-refractivity contribution in [1.29, 1.82) is 0 Å². The average Bonchev–Trinajstić information content (AvgIpc) is 2.63. The molecule has 0 atom stereocenters. The van der Waals surface area contributed by atoms with Crippen LogP contribution in [0.4, 0.5) is 0 Å². The molecule has 0 radical (unpaired) electrons. The van der Waals surface area contributed by atoms with Crippen LogP contribution in [-0.4, -0.2) is 23.4 Å². The molecule has 0 aromatic heterocycles. The van der Waals surface area contributed by atoms with Crippen LogP contribution in [0, 0.1) is 0 Å². The molecular weight excluding hydrogens is 298 g/mol. The van der Waals surface area contributed by atoms with Crippen LogP contribution in [0.5, 0.6) is 0 Å². The Morgan fingerprint density at radius 2 is 1.21 bits per heavy atom. The average molecular weight is 336 g/mol. The summed E-state index contributed by atoms with van der Waals surface area (Å²) in [5.41, 5.74) is 7.04. The number of benzene rings is 1. The quantitative estimate of drug-likeness (QED) is 0.444. The van der Waals surface area contributed by atoms with Gasteiger partial charge in [0.05, 0.1) is 18.8 Å². The van der Waals surface area contributed by atoms with Crippen molar-refractivity contribution in [3.63, 3.8) is 0 Å². The summed E-state index contributed by atoms with van der Waals surface area (Å²) in [5, 5.41) is 18.7. The number of rotatable bonds is 14. The lowest BCUT2D eigenvalue weighted by Gasteiger charge is -2.25. The number of nitrogens with two attached hydrogens (primary N) is 1. The highest BCUT2D eigenvalue weighted by Crippen LogP contribution is 2.19. The van der Waals surface area contributed by atoms with E-state index in [2.05, 4.69) is 19.1 Å². The van der Waals surface area contributed by atoms with Crippen molar-refractivity contribution in [2.75, 3.05) is 13.2 Å². The maximum atomic E-state index is 9.33. The first kappa shape index (κ1) is 21.1. The van der Waals surface area contributed by atoms with Gasteiger partial charge in [0, 0.05) is 0 Å². The lowest BCUT2D eigenvalue weighted by atomic mass is 9.91. The summed E-state index contributed by atoms with van der Waals surface area (Å²) in [6, 6.07) is 7.99. The first-order chi connectivity index (χ1) is 11.7. The van der Waals surface area contributed by atoms with Gasteiger partial charge in [-0.2, -0.15) is 0 Å². The van der Waals surface area contributed by atoms with E-state index in [1.165, 1.54) is 69.8 Å². The van der Waals surface area contributed by atoms with Crippen LogP contribution in [0.15, 0.2) is 24.3 Å². The van der Waals surface area contributed by atoms with Gasteiger partial charge in [-0.05, 0) is 24.0 Å². The molecular formula is C21H37NO2. The molecule has 1 aromatic carbocycles. The van der Waals surface area contributed by atoms with Gasteiger partial charge in [0.15, 0.2) is 0 Å². The van der Waals surface area contributed by atoms with Crippen molar-refractivity contribution in [2.24, 2.45) is 5.73 Å². The summed E-state index contributed by atoms with van der Waals surface area (Å²) < 4.78 is 0. The zero-order valence-electron chi connectivity index (χ0n) is 15.5. The molecule has 0 amide bonds. The molecule has 4 N–H and O–H groups in total. The Morgan fingerprint density at radius 1 is 0.750 bits per heavy atom. The second-order valence-corrected chi connectivity index (χ2v) is 7.10. The third-order valence-corrected chi connectivity index (χ3v) is 4.91. The monoisotopic (exact) mass is 335 g/mol. The smallest absolute Gasteiger partial charge is 0.0878 e. The van der Waals surface area contributed by atoms with Gasteiger partial charge in [-0.25, -0.2) is 0 Å². The fourth-order valence-electron chi connectivity index (χ4n) is 3.05. The highest BCUT2D eigenvalue weighted by molar-refractivity contribution is 5.28. The fraction of sp³-hybridized carbons (Fsp3) is 0.714. The van der Waals surface area contributed by atoms with Crippen molar-refractivity contribution < 1.29 is 10.2 Å². The van der Waals surface area contributed by atoms with E-state index in [9.17, 15) is 10.2 Å². The maximum absolute atomic E-state index is 9.33. The summed E-state index contributed by atoms with van der Waals surface area (Å²) in [6.45, 7) is 1.77. The minimum atomic E-state index is -1.03. The van der Waals surface area contributed by atoms with Gasteiger partial charge in [0.25, 0.3) is 0 Å². The Bertz CT molecular complexity index is 412. The molecule has 0 spiro atoms.